The Morgan fingerprint density at radius 3 is 2.62 bits per heavy atom. The lowest BCUT2D eigenvalue weighted by atomic mass is 10.1. The van der Waals surface area contributed by atoms with E-state index in [4.69, 9.17) is 11.6 Å². The number of carbonyl (C=O) groups is 2. The molecule has 0 aliphatic rings. The predicted octanol–water partition coefficient (Wildman–Crippen LogP) is 2.48. The van der Waals surface area contributed by atoms with Crippen LogP contribution in [0.1, 0.15) is 36.8 Å². The average Bonchev–Trinajstić information content (AvgIpc) is 2.85. The van der Waals surface area contributed by atoms with Crippen LogP contribution in [0.2, 0.25) is 5.02 Å². The number of nitrogens with zero attached hydrogens (tertiary/aromatic N) is 2. The molecule has 1 aromatic carbocycles. The van der Waals surface area contributed by atoms with Crippen molar-refractivity contribution in [2.75, 3.05) is 6.54 Å². The molecule has 0 spiro atoms. The van der Waals surface area contributed by atoms with Crippen LogP contribution in [0.4, 0.5) is 0 Å². The molecule has 24 heavy (non-hydrogen) atoms. The van der Waals surface area contributed by atoms with Gasteiger partial charge in [0.2, 0.25) is 5.91 Å². The van der Waals surface area contributed by atoms with Gasteiger partial charge in [-0.05, 0) is 45.9 Å². The Labute approximate surface area is 146 Å². The summed E-state index contributed by atoms with van der Waals surface area (Å²) in [6, 6.07) is 7.20. The molecule has 0 radical (unpaired) electrons. The first-order chi connectivity index (χ1) is 11.2. The number of rotatable bonds is 4. The van der Waals surface area contributed by atoms with Crippen LogP contribution in [0, 0.1) is 6.92 Å². The van der Waals surface area contributed by atoms with E-state index in [0.717, 1.165) is 5.69 Å². The van der Waals surface area contributed by atoms with Gasteiger partial charge in [0.25, 0.3) is 5.91 Å². The van der Waals surface area contributed by atoms with Gasteiger partial charge in [-0.15, -0.1) is 0 Å². The van der Waals surface area contributed by atoms with E-state index in [-0.39, 0.29) is 23.9 Å². The summed E-state index contributed by atoms with van der Waals surface area (Å²) in [7, 11) is 0. The summed E-state index contributed by atoms with van der Waals surface area (Å²) in [5, 5.41) is 10.2. The van der Waals surface area contributed by atoms with Crippen molar-refractivity contribution in [2.24, 2.45) is 0 Å². The molecule has 2 rings (SSSR count). The highest BCUT2D eigenvalue weighted by Crippen LogP contribution is 2.17. The third kappa shape index (κ3) is 4.58. The lowest BCUT2D eigenvalue weighted by molar-refractivity contribution is -0.121. The normalized spacial score (nSPS) is 11.2. The molecule has 7 heteroatoms. The molecule has 2 aromatic rings. The van der Waals surface area contributed by atoms with Crippen molar-refractivity contribution >= 4 is 23.4 Å². The van der Waals surface area contributed by atoms with Crippen molar-refractivity contribution in [1.82, 2.24) is 20.4 Å². The highest BCUT2D eigenvalue weighted by atomic mass is 35.5. The molecule has 0 aliphatic carbocycles. The van der Waals surface area contributed by atoms with Crippen molar-refractivity contribution < 1.29 is 9.59 Å². The molecule has 0 saturated carbocycles. The zero-order chi connectivity index (χ0) is 17.9. The Kier molecular flexibility index (Phi) is 5.29. The predicted molar refractivity (Wildman–Crippen MR) is 93.5 cm³/mol. The summed E-state index contributed by atoms with van der Waals surface area (Å²) in [5.41, 5.74) is 1.52. The SMILES string of the molecule is Cc1c(C(=O)NCC(=O)NC(C)(C)C)cnn1-c1cccc(Cl)c1. The van der Waals surface area contributed by atoms with Gasteiger partial charge in [-0.3, -0.25) is 9.59 Å². The van der Waals surface area contributed by atoms with Crippen LogP contribution in [-0.4, -0.2) is 33.7 Å². The van der Waals surface area contributed by atoms with E-state index in [0.29, 0.717) is 16.3 Å². The fourth-order valence-corrected chi connectivity index (χ4v) is 2.40. The van der Waals surface area contributed by atoms with Crippen LogP contribution in [0.5, 0.6) is 0 Å². The number of hydrogen-bond acceptors (Lipinski definition) is 3. The average molecular weight is 349 g/mol. The molecular weight excluding hydrogens is 328 g/mol. The maximum absolute atomic E-state index is 12.3. The van der Waals surface area contributed by atoms with Gasteiger partial charge in [0.1, 0.15) is 0 Å². The Bertz CT molecular complexity index is 762. The van der Waals surface area contributed by atoms with Crippen LogP contribution in [0.3, 0.4) is 0 Å². The number of aromatic nitrogens is 2. The fraction of sp³-hybridized carbons (Fsp3) is 0.353. The zero-order valence-electron chi connectivity index (χ0n) is 14.2. The summed E-state index contributed by atoms with van der Waals surface area (Å²) in [6.07, 6.45) is 1.48. The minimum absolute atomic E-state index is 0.0854. The lowest BCUT2D eigenvalue weighted by Crippen LogP contribution is -2.45. The lowest BCUT2D eigenvalue weighted by Gasteiger charge is -2.20. The van der Waals surface area contributed by atoms with Crippen LogP contribution in [0.25, 0.3) is 5.69 Å². The molecule has 1 aromatic heterocycles. The third-order valence-corrected chi connectivity index (χ3v) is 3.47. The minimum Gasteiger partial charge on any atom is -0.350 e. The van der Waals surface area contributed by atoms with Gasteiger partial charge in [0.05, 0.1) is 29.7 Å². The van der Waals surface area contributed by atoms with E-state index < -0.39 is 0 Å². The molecule has 0 bridgehead atoms. The van der Waals surface area contributed by atoms with Gasteiger partial charge in [0.15, 0.2) is 0 Å². The number of carbonyl (C=O) groups excluding carboxylic acids is 2. The number of hydrogen-bond donors (Lipinski definition) is 2. The molecule has 2 amide bonds. The van der Waals surface area contributed by atoms with Gasteiger partial charge in [-0.2, -0.15) is 5.10 Å². The summed E-state index contributed by atoms with van der Waals surface area (Å²) in [5.74, 6) is -0.583. The first-order valence-corrected chi connectivity index (χ1v) is 7.95. The van der Waals surface area contributed by atoms with Gasteiger partial charge in [-0.1, -0.05) is 17.7 Å². The molecule has 2 N–H and O–H groups in total. The molecular formula is C17H21ClN4O2. The van der Waals surface area contributed by atoms with Gasteiger partial charge >= 0.3 is 0 Å². The highest BCUT2D eigenvalue weighted by Gasteiger charge is 2.18. The third-order valence-electron chi connectivity index (χ3n) is 3.23. The molecule has 0 saturated heterocycles. The maximum Gasteiger partial charge on any atom is 0.255 e. The summed E-state index contributed by atoms with van der Waals surface area (Å²) >= 11 is 5.99. The Hall–Kier alpha value is -2.34. The van der Waals surface area contributed by atoms with Gasteiger partial charge in [0, 0.05) is 10.6 Å². The van der Waals surface area contributed by atoms with Crippen LogP contribution in [0.15, 0.2) is 30.5 Å². The van der Waals surface area contributed by atoms with E-state index in [1.54, 1.807) is 23.7 Å². The Morgan fingerprint density at radius 2 is 2.00 bits per heavy atom. The van der Waals surface area contributed by atoms with E-state index >= 15 is 0 Å². The van der Waals surface area contributed by atoms with Crippen LogP contribution >= 0.6 is 11.6 Å². The number of nitrogens with one attached hydrogen (secondary N) is 2. The molecule has 128 valence electrons. The molecule has 6 nitrogen and oxygen atoms in total. The smallest absolute Gasteiger partial charge is 0.255 e. The second-order valence-electron chi connectivity index (χ2n) is 6.52. The van der Waals surface area contributed by atoms with E-state index in [1.165, 1.54) is 6.20 Å². The summed E-state index contributed by atoms with van der Waals surface area (Å²) in [6.45, 7) is 7.35. The minimum atomic E-state index is -0.343. The van der Waals surface area contributed by atoms with E-state index in [9.17, 15) is 9.59 Å². The van der Waals surface area contributed by atoms with Gasteiger partial charge < -0.3 is 10.6 Å². The van der Waals surface area contributed by atoms with E-state index in [2.05, 4.69) is 15.7 Å². The molecule has 0 aliphatic heterocycles. The van der Waals surface area contributed by atoms with Crippen molar-refractivity contribution in [1.29, 1.82) is 0 Å². The topological polar surface area (TPSA) is 76.0 Å². The Balaban J connectivity index is 2.08. The fourth-order valence-electron chi connectivity index (χ4n) is 2.22. The van der Waals surface area contributed by atoms with E-state index in [1.807, 2.05) is 32.9 Å². The molecule has 0 atom stereocenters. The van der Waals surface area contributed by atoms with Crippen molar-refractivity contribution in [3.63, 3.8) is 0 Å². The first kappa shape index (κ1) is 18.0. The van der Waals surface area contributed by atoms with Crippen LogP contribution < -0.4 is 10.6 Å². The largest absolute Gasteiger partial charge is 0.350 e. The number of halogens is 1. The van der Waals surface area contributed by atoms with Crippen molar-refractivity contribution in [3.8, 4) is 5.69 Å². The zero-order valence-corrected chi connectivity index (χ0v) is 14.9. The molecule has 1 heterocycles. The first-order valence-electron chi connectivity index (χ1n) is 7.57. The number of amides is 2. The second-order valence-corrected chi connectivity index (χ2v) is 6.95. The van der Waals surface area contributed by atoms with Gasteiger partial charge in [-0.25, -0.2) is 4.68 Å². The maximum atomic E-state index is 12.3. The standard InChI is InChI=1S/C17H21ClN4O2/c1-11-14(16(24)19-10-15(23)21-17(2,3)4)9-20-22(11)13-7-5-6-12(18)8-13/h5-9H,10H2,1-4H3,(H,19,24)(H,21,23). The number of benzene rings is 1. The quantitative estimate of drug-likeness (QED) is 0.891. The van der Waals surface area contributed by atoms with Crippen LogP contribution in [-0.2, 0) is 4.79 Å². The molecule has 0 fully saturated rings. The highest BCUT2D eigenvalue weighted by molar-refractivity contribution is 6.30. The monoisotopic (exact) mass is 348 g/mol. The molecule has 0 unspecified atom stereocenters. The summed E-state index contributed by atoms with van der Waals surface area (Å²) in [4.78, 5) is 24.1. The summed E-state index contributed by atoms with van der Waals surface area (Å²) < 4.78 is 1.63. The second kappa shape index (κ2) is 7.05. The van der Waals surface area contributed by atoms with Crippen molar-refractivity contribution in [2.45, 2.75) is 33.2 Å². The van der Waals surface area contributed by atoms with Crippen molar-refractivity contribution in [3.05, 3.63) is 46.7 Å². The Morgan fingerprint density at radius 1 is 1.29 bits per heavy atom.